The van der Waals surface area contributed by atoms with Crippen LogP contribution in [0.1, 0.15) is 45.1 Å². The van der Waals surface area contributed by atoms with Gasteiger partial charge in [-0.3, -0.25) is 9.36 Å². The molecule has 0 unspecified atom stereocenters. The lowest BCUT2D eigenvalue weighted by Gasteiger charge is -2.31. The van der Waals surface area contributed by atoms with Gasteiger partial charge < -0.3 is 15.2 Å². The van der Waals surface area contributed by atoms with Gasteiger partial charge in [0.1, 0.15) is 5.65 Å². The summed E-state index contributed by atoms with van der Waals surface area (Å²) in [5.41, 5.74) is -0.650. The van der Waals surface area contributed by atoms with E-state index >= 15 is 0 Å². The van der Waals surface area contributed by atoms with E-state index < -0.39 is 15.6 Å². The predicted octanol–water partition coefficient (Wildman–Crippen LogP) is 1.12. The summed E-state index contributed by atoms with van der Waals surface area (Å²) in [6.07, 6.45) is 5.15. The Morgan fingerprint density at radius 2 is 2.03 bits per heavy atom. The summed E-state index contributed by atoms with van der Waals surface area (Å²) >= 11 is 0. The number of hydrogen-bond acceptors (Lipinski definition) is 8. The maximum Gasteiger partial charge on any atom is 0.252 e. The van der Waals surface area contributed by atoms with Gasteiger partial charge in [0.2, 0.25) is 16.0 Å². The number of rotatable bonds is 7. The zero-order valence-corrected chi connectivity index (χ0v) is 19.3. The molecule has 1 aliphatic carbocycles. The number of fused-ring (bicyclic) bond motifs is 1. The molecule has 11 heteroatoms. The molecule has 1 saturated carbocycles. The molecule has 2 fully saturated rings. The Morgan fingerprint density at radius 1 is 1.28 bits per heavy atom. The van der Waals surface area contributed by atoms with Crippen LogP contribution in [-0.4, -0.2) is 76.6 Å². The van der Waals surface area contributed by atoms with Crippen molar-refractivity contribution in [3.05, 3.63) is 28.7 Å². The lowest BCUT2D eigenvalue weighted by Crippen LogP contribution is -2.44. The summed E-state index contributed by atoms with van der Waals surface area (Å²) in [5.74, 6) is 0.382. The predicted molar refractivity (Wildman–Crippen MR) is 121 cm³/mol. The molecule has 1 saturated heterocycles. The molecule has 0 amide bonds. The number of nitrogens with one attached hydrogen (secondary N) is 1. The molecule has 176 valence electrons. The normalized spacial score (nSPS) is 25.4. The number of nitrogens with zero attached hydrogens (tertiary/aromatic N) is 4. The molecule has 32 heavy (non-hydrogen) atoms. The van der Waals surface area contributed by atoms with Crippen LogP contribution in [0.5, 0.6) is 0 Å². The minimum Gasteiger partial charge on any atom is -0.388 e. The Balaban J connectivity index is 1.52. The lowest BCUT2D eigenvalue weighted by atomic mass is 10.00. The van der Waals surface area contributed by atoms with Gasteiger partial charge >= 0.3 is 0 Å². The van der Waals surface area contributed by atoms with Crippen LogP contribution in [0.2, 0.25) is 0 Å². The second kappa shape index (κ2) is 9.05. The highest BCUT2D eigenvalue weighted by molar-refractivity contribution is 7.89. The number of aliphatic hydroxyl groups is 1. The van der Waals surface area contributed by atoms with Crippen LogP contribution in [0.15, 0.2) is 23.1 Å². The number of sulfonamides is 1. The molecule has 2 N–H and O–H groups in total. The lowest BCUT2D eigenvalue weighted by molar-refractivity contribution is 0.0267. The molecule has 4 rings (SSSR count). The highest BCUT2D eigenvalue weighted by Gasteiger charge is 2.39. The highest BCUT2D eigenvalue weighted by Crippen LogP contribution is 2.39. The SMILES string of the molecule is COCCS(=O)(=O)N1CCC(Nc2ncc3ccc(=O)n([C@@H]4CCC[C@]4(C)O)c3n2)CC1. The molecule has 2 aromatic rings. The Bertz CT molecular complexity index is 1130. The van der Waals surface area contributed by atoms with E-state index in [1.54, 1.807) is 23.8 Å². The third-order valence-corrected chi connectivity index (χ3v) is 8.42. The van der Waals surface area contributed by atoms with E-state index in [0.717, 1.165) is 18.2 Å². The molecular weight excluding hydrogens is 434 g/mol. The van der Waals surface area contributed by atoms with Gasteiger partial charge in [-0.1, -0.05) is 0 Å². The zero-order valence-electron chi connectivity index (χ0n) is 18.5. The number of aromatic nitrogens is 3. The van der Waals surface area contributed by atoms with E-state index in [1.807, 2.05) is 0 Å². The summed E-state index contributed by atoms with van der Waals surface area (Å²) in [6.45, 7) is 2.80. The molecule has 3 heterocycles. The maximum atomic E-state index is 12.7. The van der Waals surface area contributed by atoms with Crippen LogP contribution < -0.4 is 10.9 Å². The van der Waals surface area contributed by atoms with Crippen molar-refractivity contribution in [1.82, 2.24) is 18.8 Å². The van der Waals surface area contributed by atoms with Crippen molar-refractivity contribution in [2.45, 2.75) is 56.7 Å². The number of methoxy groups -OCH3 is 1. The smallest absolute Gasteiger partial charge is 0.252 e. The van der Waals surface area contributed by atoms with E-state index in [9.17, 15) is 18.3 Å². The number of anilines is 1. The van der Waals surface area contributed by atoms with Crippen molar-refractivity contribution < 1.29 is 18.3 Å². The number of piperidine rings is 1. The standard InChI is InChI=1S/C21H31N5O5S/c1-21(28)9-3-4-17(21)26-18(27)6-5-15-14-22-20(24-19(15)26)23-16-7-10-25(11-8-16)32(29,30)13-12-31-2/h5-6,14,16-17,28H,3-4,7-13H2,1-2H3,(H,22,23,24)/t17-,21+/m1/s1. The summed E-state index contributed by atoms with van der Waals surface area (Å²) in [6, 6.07) is 2.89. The van der Waals surface area contributed by atoms with Crippen molar-refractivity contribution in [1.29, 1.82) is 0 Å². The van der Waals surface area contributed by atoms with Gasteiger partial charge in [-0.05, 0) is 45.1 Å². The van der Waals surface area contributed by atoms with Gasteiger partial charge in [-0.15, -0.1) is 0 Å². The molecule has 1 aliphatic heterocycles. The first-order valence-electron chi connectivity index (χ1n) is 11.1. The van der Waals surface area contributed by atoms with Crippen LogP contribution in [-0.2, 0) is 14.8 Å². The average Bonchev–Trinajstić information content (AvgIpc) is 3.11. The van der Waals surface area contributed by atoms with E-state index in [-0.39, 0.29) is 30.0 Å². The van der Waals surface area contributed by atoms with Crippen LogP contribution in [0.4, 0.5) is 5.95 Å². The number of pyridine rings is 1. The Kier molecular flexibility index (Phi) is 6.53. The number of hydrogen-bond donors (Lipinski definition) is 2. The summed E-state index contributed by atoms with van der Waals surface area (Å²) in [4.78, 5) is 21.7. The van der Waals surface area contributed by atoms with Gasteiger partial charge in [-0.2, -0.15) is 4.98 Å². The molecule has 0 bridgehead atoms. The summed E-state index contributed by atoms with van der Waals surface area (Å²) in [5, 5.41) is 14.8. The van der Waals surface area contributed by atoms with Crippen molar-refractivity contribution in [3.8, 4) is 0 Å². The maximum absolute atomic E-state index is 12.7. The van der Waals surface area contributed by atoms with Crippen LogP contribution in [0.25, 0.3) is 11.0 Å². The van der Waals surface area contributed by atoms with E-state index in [4.69, 9.17) is 4.74 Å². The Labute approximate surface area is 187 Å². The second-order valence-electron chi connectivity index (χ2n) is 8.91. The first-order valence-corrected chi connectivity index (χ1v) is 12.7. The molecule has 2 atom stereocenters. The second-order valence-corrected chi connectivity index (χ2v) is 11.0. The van der Waals surface area contributed by atoms with E-state index in [1.165, 1.54) is 17.5 Å². The van der Waals surface area contributed by atoms with Crippen molar-refractivity contribution in [2.75, 3.05) is 37.9 Å². The Hall–Kier alpha value is -2.08. The molecule has 10 nitrogen and oxygen atoms in total. The van der Waals surface area contributed by atoms with Crippen molar-refractivity contribution in [3.63, 3.8) is 0 Å². The van der Waals surface area contributed by atoms with Gasteiger partial charge in [0.15, 0.2) is 0 Å². The van der Waals surface area contributed by atoms with Crippen molar-refractivity contribution in [2.24, 2.45) is 0 Å². The van der Waals surface area contributed by atoms with Gasteiger partial charge in [0.25, 0.3) is 5.56 Å². The topological polar surface area (TPSA) is 127 Å². The van der Waals surface area contributed by atoms with E-state index in [0.29, 0.717) is 43.9 Å². The highest BCUT2D eigenvalue weighted by atomic mass is 32.2. The van der Waals surface area contributed by atoms with Crippen LogP contribution in [0, 0.1) is 0 Å². The van der Waals surface area contributed by atoms with Gasteiger partial charge in [-0.25, -0.2) is 17.7 Å². The van der Waals surface area contributed by atoms with Gasteiger partial charge in [0.05, 0.1) is 24.0 Å². The van der Waals surface area contributed by atoms with Crippen LogP contribution in [0.3, 0.4) is 0 Å². The largest absolute Gasteiger partial charge is 0.388 e. The van der Waals surface area contributed by atoms with Crippen molar-refractivity contribution >= 4 is 27.0 Å². The third kappa shape index (κ3) is 4.66. The average molecular weight is 466 g/mol. The zero-order chi connectivity index (χ0) is 22.9. The molecular formula is C21H31N5O5S. The first kappa shape index (κ1) is 23.1. The minimum atomic E-state index is -3.31. The van der Waals surface area contributed by atoms with Crippen LogP contribution >= 0.6 is 0 Å². The summed E-state index contributed by atoms with van der Waals surface area (Å²) < 4.78 is 32.7. The summed E-state index contributed by atoms with van der Waals surface area (Å²) in [7, 11) is -1.83. The monoisotopic (exact) mass is 465 g/mol. The first-order chi connectivity index (χ1) is 15.2. The molecule has 2 aromatic heterocycles. The molecule has 2 aliphatic rings. The molecule has 0 radical (unpaired) electrons. The fraction of sp³-hybridized carbons (Fsp3) is 0.667. The number of ether oxygens (including phenoxy) is 1. The van der Waals surface area contributed by atoms with Gasteiger partial charge in [0, 0.05) is 43.9 Å². The fourth-order valence-corrected chi connectivity index (χ4v) is 6.13. The van der Waals surface area contributed by atoms with E-state index in [2.05, 4.69) is 15.3 Å². The quantitative estimate of drug-likeness (QED) is 0.623. The Morgan fingerprint density at radius 3 is 2.69 bits per heavy atom. The third-order valence-electron chi connectivity index (χ3n) is 6.58. The molecule has 0 aromatic carbocycles. The fourth-order valence-electron chi connectivity index (χ4n) is 4.73. The minimum absolute atomic E-state index is 0.0160. The molecule has 0 spiro atoms.